The van der Waals surface area contributed by atoms with Gasteiger partial charge in [0.2, 0.25) is 0 Å². The van der Waals surface area contributed by atoms with Crippen molar-refractivity contribution in [3.63, 3.8) is 0 Å². The average Bonchev–Trinajstić information content (AvgIpc) is 3.17. The fourth-order valence-corrected chi connectivity index (χ4v) is 4.20. The van der Waals surface area contributed by atoms with Gasteiger partial charge in [0.05, 0.1) is 38.3 Å². The van der Waals surface area contributed by atoms with Crippen LogP contribution in [0.15, 0.2) is 42.6 Å². The number of carbonyl (C=O) groups is 3. The molecule has 0 radical (unpaired) electrons. The Kier molecular flexibility index (Phi) is 7.15. The Labute approximate surface area is 194 Å². The summed E-state index contributed by atoms with van der Waals surface area (Å²) < 4.78 is 18.2. The van der Waals surface area contributed by atoms with E-state index in [9.17, 15) is 14.4 Å². The van der Waals surface area contributed by atoms with Crippen molar-refractivity contribution in [1.82, 2.24) is 9.47 Å². The topological polar surface area (TPSA) is 87.1 Å². The Morgan fingerprint density at radius 2 is 1.55 bits per heavy atom. The molecular weight excluding hydrogens is 424 g/mol. The zero-order valence-electron chi connectivity index (χ0n) is 19.9. The highest BCUT2D eigenvalue weighted by atomic mass is 16.6. The summed E-state index contributed by atoms with van der Waals surface area (Å²) in [6, 6.07) is 11.3. The Hall–Kier alpha value is -3.29. The second-order valence-electron chi connectivity index (χ2n) is 8.95. The molecule has 2 aromatic rings. The van der Waals surface area contributed by atoms with Crippen molar-refractivity contribution in [1.29, 1.82) is 0 Å². The molecule has 178 valence electrons. The molecule has 0 N–H and O–H groups in total. The van der Waals surface area contributed by atoms with Gasteiger partial charge >= 0.3 is 18.0 Å². The highest BCUT2D eigenvalue weighted by molar-refractivity contribution is 5.80. The number of nitrogens with zero attached hydrogens (tertiary/aromatic N) is 2. The molecule has 0 spiro atoms. The quantitative estimate of drug-likeness (QED) is 0.475. The lowest BCUT2D eigenvalue weighted by atomic mass is 9.85. The van der Waals surface area contributed by atoms with E-state index in [0.717, 1.165) is 11.3 Å². The van der Waals surface area contributed by atoms with Crippen LogP contribution < -0.4 is 0 Å². The fraction of sp³-hybridized carbons (Fsp3) is 0.480. The summed E-state index contributed by atoms with van der Waals surface area (Å²) in [5.74, 6) is -1.04. The maximum atomic E-state index is 13.6. The number of ether oxygens (including phenoxy) is 3. The molecule has 0 aliphatic carbocycles. The van der Waals surface area contributed by atoms with Gasteiger partial charge in [-0.3, -0.25) is 14.5 Å². The van der Waals surface area contributed by atoms with Gasteiger partial charge in [-0.2, -0.15) is 0 Å². The maximum Gasteiger partial charge on any atom is 0.411 e. The Morgan fingerprint density at radius 3 is 2.12 bits per heavy atom. The molecular formula is C25H32N2O6. The van der Waals surface area contributed by atoms with Crippen molar-refractivity contribution in [2.75, 3.05) is 13.2 Å². The molecule has 1 aliphatic heterocycles. The fourth-order valence-electron chi connectivity index (χ4n) is 4.20. The summed E-state index contributed by atoms with van der Waals surface area (Å²) in [4.78, 5) is 40.8. The Balaban J connectivity index is 2.26. The average molecular weight is 457 g/mol. The second-order valence-corrected chi connectivity index (χ2v) is 8.95. The highest BCUT2D eigenvalue weighted by Gasteiger charge is 2.50. The number of esters is 2. The number of hydrogen-bond donors (Lipinski definition) is 0. The maximum absolute atomic E-state index is 13.6. The van der Waals surface area contributed by atoms with Gasteiger partial charge in [-0.25, -0.2) is 4.79 Å². The van der Waals surface area contributed by atoms with E-state index in [1.807, 2.05) is 47.2 Å². The number of hydrogen-bond acceptors (Lipinski definition) is 6. The molecule has 2 heterocycles. The first kappa shape index (κ1) is 24.4. The number of amides is 1. The number of benzene rings is 1. The monoisotopic (exact) mass is 456 g/mol. The van der Waals surface area contributed by atoms with Gasteiger partial charge in [-0.15, -0.1) is 0 Å². The van der Waals surface area contributed by atoms with Gasteiger partial charge in [0, 0.05) is 11.9 Å². The second kappa shape index (κ2) is 9.68. The van der Waals surface area contributed by atoms with Crippen LogP contribution in [0.3, 0.4) is 0 Å². The van der Waals surface area contributed by atoms with E-state index < -0.39 is 29.2 Å². The van der Waals surface area contributed by atoms with Crippen LogP contribution in [0.25, 0.3) is 5.69 Å². The summed E-state index contributed by atoms with van der Waals surface area (Å²) in [5, 5.41) is 0. The predicted octanol–water partition coefficient (Wildman–Crippen LogP) is 4.33. The number of para-hydroxylation sites is 1. The van der Waals surface area contributed by atoms with E-state index in [1.165, 1.54) is 4.90 Å². The summed E-state index contributed by atoms with van der Waals surface area (Å²) in [7, 11) is 0. The molecule has 0 fully saturated rings. The van der Waals surface area contributed by atoms with E-state index in [-0.39, 0.29) is 32.6 Å². The third-order valence-corrected chi connectivity index (χ3v) is 5.42. The number of rotatable bonds is 6. The standard InChI is InChI=1S/C25H32N2O6/c1-6-31-21(28)15-25(16-22(29)32-7-2)20-13-10-14-26(20)19-12-9-8-11-18(19)17-27(25)23(30)33-24(3,4)5/h8-14H,6-7,15-17H2,1-5H3. The van der Waals surface area contributed by atoms with Crippen LogP contribution in [-0.2, 0) is 35.9 Å². The third kappa shape index (κ3) is 5.21. The number of carbonyl (C=O) groups excluding carboxylic acids is 3. The van der Waals surface area contributed by atoms with Crippen molar-refractivity contribution in [3.8, 4) is 5.69 Å². The van der Waals surface area contributed by atoms with E-state index in [1.54, 1.807) is 34.6 Å². The largest absolute Gasteiger partial charge is 0.466 e. The molecule has 33 heavy (non-hydrogen) atoms. The minimum Gasteiger partial charge on any atom is -0.466 e. The van der Waals surface area contributed by atoms with E-state index >= 15 is 0 Å². The zero-order valence-corrected chi connectivity index (χ0v) is 19.9. The summed E-state index contributed by atoms with van der Waals surface area (Å²) in [6.45, 7) is 9.27. The molecule has 0 saturated carbocycles. The lowest BCUT2D eigenvalue weighted by Crippen LogP contribution is -2.53. The van der Waals surface area contributed by atoms with Crippen molar-refractivity contribution < 1.29 is 28.6 Å². The van der Waals surface area contributed by atoms with Crippen LogP contribution in [0.5, 0.6) is 0 Å². The SMILES string of the molecule is CCOC(=O)CC1(CC(=O)OCC)c2cccn2-c2ccccc2CN1C(=O)OC(C)(C)C. The summed E-state index contributed by atoms with van der Waals surface area (Å²) in [5.41, 5.74) is 0.184. The van der Waals surface area contributed by atoms with E-state index in [4.69, 9.17) is 14.2 Å². The molecule has 1 amide bonds. The lowest BCUT2D eigenvalue weighted by Gasteiger charge is -2.42. The van der Waals surface area contributed by atoms with Gasteiger partial charge in [-0.1, -0.05) is 18.2 Å². The number of fused-ring (bicyclic) bond motifs is 3. The first-order valence-electron chi connectivity index (χ1n) is 11.2. The van der Waals surface area contributed by atoms with Crippen LogP contribution >= 0.6 is 0 Å². The molecule has 3 rings (SSSR count). The van der Waals surface area contributed by atoms with Crippen LogP contribution in [-0.4, -0.2) is 46.3 Å². The smallest absolute Gasteiger partial charge is 0.411 e. The third-order valence-electron chi connectivity index (χ3n) is 5.42. The molecule has 0 atom stereocenters. The van der Waals surface area contributed by atoms with Gasteiger partial charge in [0.25, 0.3) is 0 Å². The minimum atomic E-state index is -1.37. The van der Waals surface area contributed by atoms with Gasteiger partial charge in [-0.05, 0) is 58.4 Å². The van der Waals surface area contributed by atoms with Crippen LogP contribution in [0, 0.1) is 0 Å². The molecule has 8 nitrogen and oxygen atoms in total. The Bertz CT molecular complexity index is 1000. The predicted molar refractivity (Wildman–Crippen MR) is 122 cm³/mol. The van der Waals surface area contributed by atoms with E-state index in [2.05, 4.69) is 0 Å². The number of aromatic nitrogens is 1. The Morgan fingerprint density at radius 1 is 0.939 bits per heavy atom. The highest BCUT2D eigenvalue weighted by Crippen LogP contribution is 2.43. The summed E-state index contributed by atoms with van der Waals surface area (Å²) >= 11 is 0. The molecule has 1 aliphatic rings. The molecule has 8 heteroatoms. The van der Waals surface area contributed by atoms with E-state index in [0.29, 0.717) is 5.69 Å². The van der Waals surface area contributed by atoms with Crippen molar-refractivity contribution in [3.05, 3.63) is 53.9 Å². The lowest BCUT2D eigenvalue weighted by molar-refractivity contribution is -0.152. The van der Waals surface area contributed by atoms with Crippen LogP contribution in [0.4, 0.5) is 4.79 Å². The van der Waals surface area contributed by atoms with Gasteiger partial charge < -0.3 is 18.8 Å². The molecule has 1 aromatic carbocycles. The van der Waals surface area contributed by atoms with Crippen molar-refractivity contribution in [2.45, 2.75) is 65.1 Å². The molecule has 1 aromatic heterocycles. The van der Waals surface area contributed by atoms with Crippen LogP contribution in [0.2, 0.25) is 0 Å². The zero-order chi connectivity index (χ0) is 24.2. The minimum absolute atomic E-state index is 0.144. The van der Waals surface area contributed by atoms with Crippen molar-refractivity contribution in [2.24, 2.45) is 0 Å². The van der Waals surface area contributed by atoms with Gasteiger partial charge in [0.1, 0.15) is 11.1 Å². The first-order chi connectivity index (χ1) is 15.6. The van der Waals surface area contributed by atoms with Gasteiger partial charge in [0.15, 0.2) is 0 Å². The normalized spacial score (nSPS) is 14.5. The molecule has 0 saturated heterocycles. The molecule has 0 bridgehead atoms. The molecule has 0 unspecified atom stereocenters. The summed E-state index contributed by atoms with van der Waals surface area (Å²) in [6.07, 6.45) is 0.784. The van der Waals surface area contributed by atoms with Crippen molar-refractivity contribution >= 4 is 18.0 Å². The van der Waals surface area contributed by atoms with Crippen LogP contribution in [0.1, 0.15) is 58.7 Å². The first-order valence-corrected chi connectivity index (χ1v) is 11.2.